The Balaban J connectivity index is 5.21. The molecule has 0 aliphatic carbocycles. The van der Waals surface area contributed by atoms with Crippen LogP contribution in [0.1, 0.15) is 400 Å². The zero-order chi connectivity index (χ0) is 69.0. The van der Waals surface area contributed by atoms with Crippen molar-refractivity contribution < 1.29 is 80.2 Å². The first-order valence-electron chi connectivity index (χ1n) is 39.3. The van der Waals surface area contributed by atoms with Crippen molar-refractivity contribution >= 4 is 39.5 Å². The molecule has 3 N–H and O–H groups in total. The third-order valence-corrected chi connectivity index (χ3v) is 19.5. The first kappa shape index (κ1) is 92.1. The Morgan fingerprint density at radius 3 is 0.628 bits per heavy atom. The second-order valence-electron chi connectivity index (χ2n) is 27.0. The molecule has 0 heterocycles. The molecule has 0 aromatic rings. The van der Waals surface area contributed by atoms with E-state index in [0.717, 1.165) is 89.9 Å². The number of esters is 4. The number of aliphatic hydroxyl groups excluding tert-OH is 1. The number of phosphoric acid groups is 2. The van der Waals surface area contributed by atoms with Gasteiger partial charge in [0.15, 0.2) is 12.2 Å². The van der Waals surface area contributed by atoms with Gasteiger partial charge in [0.2, 0.25) is 0 Å². The van der Waals surface area contributed by atoms with Crippen LogP contribution in [0.4, 0.5) is 0 Å². The largest absolute Gasteiger partial charge is 0.472 e. The van der Waals surface area contributed by atoms with Crippen molar-refractivity contribution in [1.82, 2.24) is 0 Å². The molecule has 0 amide bonds. The van der Waals surface area contributed by atoms with Gasteiger partial charge in [-0.3, -0.25) is 37.3 Å². The van der Waals surface area contributed by atoms with Crippen LogP contribution in [0.2, 0.25) is 0 Å². The Hall–Kier alpha value is -1.94. The molecule has 0 rings (SSSR count). The molecule has 0 fully saturated rings. The number of aliphatic hydroxyl groups is 1. The first-order chi connectivity index (χ1) is 45.7. The van der Waals surface area contributed by atoms with Crippen LogP contribution >= 0.6 is 15.6 Å². The lowest BCUT2D eigenvalue weighted by atomic mass is 10.0. The molecule has 0 saturated heterocycles. The zero-order valence-electron chi connectivity index (χ0n) is 60.9. The Labute approximate surface area is 575 Å². The summed E-state index contributed by atoms with van der Waals surface area (Å²) in [5.74, 6) is -2.11. The van der Waals surface area contributed by atoms with Gasteiger partial charge in [0.1, 0.15) is 19.3 Å². The summed E-state index contributed by atoms with van der Waals surface area (Å²) < 4.78 is 68.4. The van der Waals surface area contributed by atoms with Crippen LogP contribution < -0.4 is 0 Å². The maximum Gasteiger partial charge on any atom is 0.472 e. The first-order valence-corrected chi connectivity index (χ1v) is 42.3. The van der Waals surface area contributed by atoms with Gasteiger partial charge in [-0.25, -0.2) is 9.13 Å². The normalized spacial score (nSPS) is 13.9. The highest BCUT2D eigenvalue weighted by atomic mass is 31.2. The molecular formula is C75H146O17P2. The van der Waals surface area contributed by atoms with E-state index in [2.05, 4.69) is 27.7 Å². The molecule has 558 valence electrons. The van der Waals surface area contributed by atoms with Gasteiger partial charge in [0.25, 0.3) is 0 Å². The molecular weight excluding hydrogens is 1230 g/mol. The van der Waals surface area contributed by atoms with Crippen molar-refractivity contribution in [3.63, 3.8) is 0 Å². The molecule has 0 radical (unpaired) electrons. The van der Waals surface area contributed by atoms with E-state index in [9.17, 15) is 43.2 Å². The van der Waals surface area contributed by atoms with Gasteiger partial charge < -0.3 is 33.8 Å². The maximum atomic E-state index is 13.1. The number of hydrogen-bond donors (Lipinski definition) is 3. The molecule has 0 aromatic carbocycles. The fraction of sp³-hybridized carbons (Fsp3) is 0.947. The van der Waals surface area contributed by atoms with Gasteiger partial charge in [-0.2, -0.15) is 0 Å². The minimum Gasteiger partial charge on any atom is -0.462 e. The van der Waals surface area contributed by atoms with E-state index in [4.69, 9.17) is 37.0 Å². The summed E-state index contributed by atoms with van der Waals surface area (Å²) in [6, 6.07) is 0. The molecule has 0 saturated carbocycles. The third kappa shape index (κ3) is 68.6. The summed E-state index contributed by atoms with van der Waals surface area (Å²) in [6.07, 6.45) is 59.6. The van der Waals surface area contributed by atoms with Crippen molar-refractivity contribution in [2.75, 3.05) is 39.6 Å². The highest BCUT2D eigenvalue weighted by Gasteiger charge is 2.30. The van der Waals surface area contributed by atoms with E-state index in [0.29, 0.717) is 25.7 Å². The summed E-state index contributed by atoms with van der Waals surface area (Å²) in [4.78, 5) is 72.7. The standard InChI is InChI=1S/C75H146O17P2/c1-5-9-13-17-21-25-29-31-33-35-37-39-41-45-48-52-56-60-73(78)86-66-71(92-75(80)62-58-54-50-46-42-40-38-36-34-32-30-26-22-18-14-10-6-2)68-90-94(83,84)88-64-69(76)63-87-93(81,82)89-67-70(91-74(79)61-57-53-49-44-28-24-20-16-12-8-4)65-85-72(77)59-55-51-47-43-27-23-19-15-11-7-3/h69-71,76H,5-68H2,1-4H3,(H,81,82)(H,83,84)/t69-,70+,71+/m0/s1. The Morgan fingerprint density at radius 1 is 0.255 bits per heavy atom. The van der Waals surface area contributed by atoms with Gasteiger partial charge in [-0.05, 0) is 25.7 Å². The van der Waals surface area contributed by atoms with Crippen LogP contribution in [-0.4, -0.2) is 96.7 Å². The average molecular weight is 1380 g/mol. The number of hydrogen-bond acceptors (Lipinski definition) is 15. The summed E-state index contributed by atoms with van der Waals surface area (Å²) in [5.41, 5.74) is 0. The molecule has 0 aliphatic rings. The van der Waals surface area contributed by atoms with Crippen LogP contribution in [0.25, 0.3) is 0 Å². The van der Waals surface area contributed by atoms with E-state index >= 15 is 0 Å². The van der Waals surface area contributed by atoms with Gasteiger partial charge in [-0.15, -0.1) is 0 Å². The molecule has 19 heteroatoms. The predicted molar refractivity (Wildman–Crippen MR) is 382 cm³/mol. The minimum atomic E-state index is -4.95. The van der Waals surface area contributed by atoms with Crippen LogP contribution in [0.15, 0.2) is 0 Å². The molecule has 0 spiro atoms. The SMILES string of the molecule is CCCCCCCCCCCCCCCCCCCC(=O)OC[C@H](COP(=O)(O)OC[C@@H](O)COP(=O)(O)OC[C@@H](COC(=O)CCCCCCCCCCCC)OC(=O)CCCCCCCCCCCC)OC(=O)CCCCCCCCCCCCCCCCCCC. The molecule has 5 atom stereocenters. The van der Waals surface area contributed by atoms with Crippen LogP contribution in [0, 0.1) is 0 Å². The Bertz CT molecular complexity index is 1790. The zero-order valence-corrected chi connectivity index (χ0v) is 62.7. The number of rotatable bonds is 76. The lowest BCUT2D eigenvalue weighted by Crippen LogP contribution is -2.30. The predicted octanol–water partition coefficient (Wildman–Crippen LogP) is 22.2. The fourth-order valence-corrected chi connectivity index (χ4v) is 13.2. The minimum absolute atomic E-state index is 0.107. The third-order valence-electron chi connectivity index (χ3n) is 17.6. The summed E-state index contributed by atoms with van der Waals surface area (Å²) in [7, 11) is -9.90. The van der Waals surface area contributed by atoms with Gasteiger partial charge in [0, 0.05) is 25.7 Å². The topological polar surface area (TPSA) is 237 Å². The van der Waals surface area contributed by atoms with E-state index in [-0.39, 0.29) is 25.7 Å². The van der Waals surface area contributed by atoms with Gasteiger partial charge in [0.05, 0.1) is 26.4 Å². The van der Waals surface area contributed by atoms with Crippen LogP contribution in [0.5, 0.6) is 0 Å². The molecule has 17 nitrogen and oxygen atoms in total. The van der Waals surface area contributed by atoms with Crippen LogP contribution in [0.3, 0.4) is 0 Å². The molecule has 94 heavy (non-hydrogen) atoms. The second-order valence-corrected chi connectivity index (χ2v) is 29.9. The molecule has 0 aromatic heterocycles. The lowest BCUT2D eigenvalue weighted by molar-refractivity contribution is -0.161. The van der Waals surface area contributed by atoms with E-state index in [1.165, 1.54) is 231 Å². The van der Waals surface area contributed by atoms with Crippen molar-refractivity contribution in [3.8, 4) is 0 Å². The van der Waals surface area contributed by atoms with E-state index < -0.39 is 97.5 Å². The van der Waals surface area contributed by atoms with Gasteiger partial charge >= 0.3 is 39.5 Å². The molecule has 0 bridgehead atoms. The van der Waals surface area contributed by atoms with E-state index in [1.54, 1.807) is 0 Å². The van der Waals surface area contributed by atoms with Crippen molar-refractivity contribution in [3.05, 3.63) is 0 Å². The summed E-state index contributed by atoms with van der Waals surface area (Å²) in [6.45, 7) is 4.97. The summed E-state index contributed by atoms with van der Waals surface area (Å²) >= 11 is 0. The highest BCUT2D eigenvalue weighted by molar-refractivity contribution is 7.47. The van der Waals surface area contributed by atoms with Crippen molar-refractivity contribution in [2.45, 2.75) is 418 Å². The summed E-state index contributed by atoms with van der Waals surface area (Å²) in [5, 5.41) is 10.6. The second kappa shape index (κ2) is 69.5. The number of phosphoric ester groups is 2. The Kier molecular flexibility index (Phi) is 68.1. The number of carbonyl (C=O) groups excluding carboxylic acids is 4. The molecule has 2 unspecified atom stereocenters. The maximum absolute atomic E-state index is 13.1. The number of carbonyl (C=O) groups is 4. The monoisotopic (exact) mass is 1380 g/mol. The number of unbranched alkanes of at least 4 members (excludes halogenated alkanes) is 50. The Morgan fingerprint density at radius 2 is 0.426 bits per heavy atom. The van der Waals surface area contributed by atoms with Crippen molar-refractivity contribution in [2.24, 2.45) is 0 Å². The van der Waals surface area contributed by atoms with E-state index in [1.807, 2.05) is 0 Å². The molecule has 0 aliphatic heterocycles. The van der Waals surface area contributed by atoms with Crippen molar-refractivity contribution in [1.29, 1.82) is 0 Å². The average Bonchev–Trinajstić information content (AvgIpc) is 1.21. The van der Waals surface area contributed by atoms with Crippen LogP contribution in [-0.2, 0) is 65.4 Å². The quantitative estimate of drug-likeness (QED) is 0.0222. The smallest absolute Gasteiger partial charge is 0.462 e. The fourth-order valence-electron chi connectivity index (χ4n) is 11.6. The number of ether oxygens (including phenoxy) is 4. The van der Waals surface area contributed by atoms with Gasteiger partial charge in [-0.1, -0.05) is 349 Å². The highest BCUT2D eigenvalue weighted by Crippen LogP contribution is 2.45. The lowest BCUT2D eigenvalue weighted by Gasteiger charge is -2.21.